The molecule has 2 N–H and O–H groups in total. The minimum absolute atomic E-state index is 0.165. The van der Waals surface area contributed by atoms with Gasteiger partial charge in [0.15, 0.2) is 0 Å². The van der Waals surface area contributed by atoms with Crippen molar-refractivity contribution in [3.63, 3.8) is 0 Å². The van der Waals surface area contributed by atoms with Crippen LogP contribution in [-0.4, -0.2) is 20.7 Å². The molecule has 3 aromatic rings. The predicted molar refractivity (Wildman–Crippen MR) is 93.1 cm³/mol. The van der Waals surface area contributed by atoms with Gasteiger partial charge in [-0.05, 0) is 12.1 Å². The van der Waals surface area contributed by atoms with E-state index in [2.05, 4.69) is 20.7 Å². The third-order valence-corrected chi connectivity index (χ3v) is 3.87. The second kappa shape index (κ2) is 5.66. The van der Waals surface area contributed by atoms with Crippen molar-refractivity contribution in [2.75, 3.05) is 10.6 Å². The van der Waals surface area contributed by atoms with Gasteiger partial charge in [-0.3, -0.25) is 14.5 Å². The number of carbonyl (C=O) groups excluding carboxylic acids is 1. The number of carbonyl (C=O) groups is 1. The highest BCUT2D eigenvalue weighted by atomic mass is 16.2. The molecule has 0 atom stereocenters. The summed E-state index contributed by atoms with van der Waals surface area (Å²) in [7, 11) is 1.86. The van der Waals surface area contributed by atoms with Gasteiger partial charge in [-0.2, -0.15) is 5.10 Å². The molecule has 1 aliphatic heterocycles. The Kier molecular flexibility index (Phi) is 3.35. The Morgan fingerprint density at radius 3 is 2.83 bits per heavy atom. The van der Waals surface area contributed by atoms with Gasteiger partial charge >= 0.3 is 0 Å². The number of aromatic nitrogens is 3. The molecule has 0 spiro atoms. The maximum absolute atomic E-state index is 12.1. The van der Waals surface area contributed by atoms with Gasteiger partial charge in [0.25, 0.3) is 5.91 Å². The largest absolute Gasteiger partial charge is 0.346 e. The van der Waals surface area contributed by atoms with Crippen LogP contribution in [0.25, 0.3) is 16.8 Å². The Bertz CT molecular complexity index is 943. The van der Waals surface area contributed by atoms with Crippen LogP contribution in [0.2, 0.25) is 0 Å². The minimum atomic E-state index is -0.165. The zero-order valence-corrected chi connectivity index (χ0v) is 13.0. The Morgan fingerprint density at radius 1 is 1.17 bits per heavy atom. The molecule has 0 aliphatic carbocycles. The van der Waals surface area contributed by atoms with Gasteiger partial charge in [-0.1, -0.05) is 30.3 Å². The lowest BCUT2D eigenvalue weighted by Crippen LogP contribution is -2.06. The Morgan fingerprint density at radius 2 is 2.00 bits per heavy atom. The van der Waals surface area contributed by atoms with E-state index in [4.69, 9.17) is 0 Å². The van der Waals surface area contributed by atoms with Gasteiger partial charge in [0.2, 0.25) is 0 Å². The van der Waals surface area contributed by atoms with Gasteiger partial charge in [-0.15, -0.1) is 0 Å². The van der Waals surface area contributed by atoms with E-state index in [1.54, 1.807) is 23.1 Å². The number of amides is 1. The van der Waals surface area contributed by atoms with Crippen LogP contribution in [0.3, 0.4) is 0 Å². The van der Waals surface area contributed by atoms with E-state index in [1.165, 1.54) is 0 Å². The summed E-state index contributed by atoms with van der Waals surface area (Å²) in [6, 6.07) is 15.5. The van der Waals surface area contributed by atoms with Crippen molar-refractivity contribution in [3.05, 3.63) is 66.6 Å². The highest BCUT2D eigenvalue weighted by molar-refractivity contribution is 6.31. The number of hydrogen-bond donors (Lipinski definition) is 2. The summed E-state index contributed by atoms with van der Waals surface area (Å²) in [4.78, 5) is 16.3. The fourth-order valence-electron chi connectivity index (χ4n) is 2.65. The van der Waals surface area contributed by atoms with Gasteiger partial charge in [0.1, 0.15) is 11.5 Å². The minimum Gasteiger partial charge on any atom is -0.346 e. The smallest absolute Gasteiger partial charge is 0.259 e. The molecule has 0 bridgehead atoms. The number of hydrogen-bond acceptors (Lipinski definition) is 4. The molecule has 3 heterocycles. The molecule has 118 valence electrons. The number of anilines is 2. The molecule has 2 aromatic heterocycles. The maximum atomic E-state index is 12.1. The molecule has 4 rings (SSSR count). The van der Waals surface area contributed by atoms with Crippen LogP contribution < -0.4 is 10.6 Å². The van der Waals surface area contributed by atoms with Crippen LogP contribution in [0.15, 0.2) is 60.9 Å². The Hall–Kier alpha value is -3.41. The van der Waals surface area contributed by atoms with E-state index in [0.717, 1.165) is 22.8 Å². The van der Waals surface area contributed by atoms with Crippen LogP contribution in [0, 0.1) is 0 Å². The highest BCUT2D eigenvalue weighted by Gasteiger charge is 2.25. The van der Waals surface area contributed by atoms with E-state index >= 15 is 0 Å². The van der Waals surface area contributed by atoms with Crippen molar-refractivity contribution in [2.24, 2.45) is 7.05 Å². The second-order valence-corrected chi connectivity index (χ2v) is 5.46. The third-order valence-electron chi connectivity index (χ3n) is 3.87. The van der Waals surface area contributed by atoms with Crippen LogP contribution in [0.1, 0.15) is 5.69 Å². The average molecular weight is 317 g/mol. The first-order chi connectivity index (χ1) is 11.7. The second-order valence-electron chi connectivity index (χ2n) is 5.46. The molecule has 0 fully saturated rings. The molecule has 6 nitrogen and oxygen atoms in total. The molecule has 1 aliphatic rings. The highest BCUT2D eigenvalue weighted by Crippen LogP contribution is 2.29. The molecule has 6 heteroatoms. The first-order valence-corrected chi connectivity index (χ1v) is 7.55. The lowest BCUT2D eigenvalue weighted by Gasteiger charge is -2.01. The van der Waals surface area contributed by atoms with E-state index in [9.17, 15) is 4.79 Å². The van der Waals surface area contributed by atoms with Crippen molar-refractivity contribution in [2.45, 2.75) is 0 Å². The van der Waals surface area contributed by atoms with E-state index in [1.807, 2.05) is 49.5 Å². The molecule has 1 amide bonds. The molecule has 0 unspecified atom stereocenters. The fourth-order valence-corrected chi connectivity index (χ4v) is 2.65. The Balaban J connectivity index is 1.63. The quantitative estimate of drug-likeness (QED) is 0.729. The van der Waals surface area contributed by atoms with Crippen LogP contribution in [0.4, 0.5) is 11.5 Å². The summed E-state index contributed by atoms with van der Waals surface area (Å²) in [5, 5.41) is 10.4. The van der Waals surface area contributed by atoms with Crippen LogP contribution in [-0.2, 0) is 11.8 Å². The SMILES string of the molecule is Cn1nc(-c2ccccc2)cc1NC=C1C(=O)Nc2cccnc21. The third kappa shape index (κ3) is 2.44. The summed E-state index contributed by atoms with van der Waals surface area (Å²) in [6.45, 7) is 0. The summed E-state index contributed by atoms with van der Waals surface area (Å²) in [5.41, 5.74) is 3.80. The summed E-state index contributed by atoms with van der Waals surface area (Å²) >= 11 is 0. The summed E-state index contributed by atoms with van der Waals surface area (Å²) in [6.07, 6.45) is 3.34. The summed E-state index contributed by atoms with van der Waals surface area (Å²) in [5.74, 6) is 0.625. The monoisotopic (exact) mass is 317 g/mol. The number of rotatable bonds is 3. The zero-order valence-electron chi connectivity index (χ0n) is 13.0. The maximum Gasteiger partial charge on any atom is 0.259 e. The zero-order chi connectivity index (χ0) is 16.5. The molecule has 0 saturated heterocycles. The molecular formula is C18H15N5O. The van der Waals surface area contributed by atoms with Crippen molar-refractivity contribution < 1.29 is 4.79 Å². The Labute approximate surface area is 138 Å². The average Bonchev–Trinajstić information content (AvgIpc) is 3.13. The topological polar surface area (TPSA) is 71.8 Å². The van der Waals surface area contributed by atoms with Crippen LogP contribution in [0.5, 0.6) is 0 Å². The number of aryl methyl sites for hydroxylation is 1. The molecule has 0 radical (unpaired) electrons. The summed E-state index contributed by atoms with van der Waals surface area (Å²) < 4.78 is 1.74. The molecule has 1 aromatic carbocycles. The lowest BCUT2D eigenvalue weighted by atomic mass is 10.1. The van der Waals surface area contributed by atoms with Gasteiger partial charge < -0.3 is 10.6 Å². The standard InChI is InChI=1S/C18H15N5O/c1-23-16(10-15(22-23)12-6-3-2-4-7-12)20-11-13-17-14(21-18(13)24)8-5-9-19-17/h2-11,20H,1H3,(H,21,24). The lowest BCUT2D eigenvalue weighted by molar-refractivity contribution is -0.110. The van der Waals surface area contributed by atoms with Gasteiger partial charge in [0, 0.05) is 31.1 Å². The number of nitrogens with zero attached hydrogens (tertiary/aromatic N) is 3. The molecular weight excluding hydrogens is 302 g/mol. The van der Waals surface area contributed by atoms with Crippen molar-refractivity contribution in [1.29, 1.82) is 0 Å². The first-order valence-electron chi connectivity index (χ1n) is 7.55. The van der Waals surface area contributed by atoms with Crippen molar-refractivity contribution in [3.8, 4) is 11.3 Å². The normalized spacial score (nSPS) is 14.5. The fraction of sp³-hybridized carbons (Fsp3) is 0.0556. The van der Waals surface area contributed by atoms with E-state index in [0.29, 0.717) is 11.3 Å². The molecule has 24 heavy (non-hydrogen) atoms. The van der Waals surface area contributed by atoms with Crippen molar-refractivity contribution in [1.82, 2.24) is 14.8 Å². The number of benzene rings is 1. The van der Waals surface area contributed by atoms with Crippen molar-refractivity contribution >= 4 is 23.0 Å². The predicted octanol–water partition coefficient (Wildman–Crippen LogP) is 2.89. The van der Waals surface area contributed by atoms with E-state index in [-0.39, 0.29) is 5.91 Å². The number of fused-ring (bicyclic) bond motifs is 1. The van der Waals surface area contributed by atoms with Crippen LogP contribution >= 0.6 is 0 Å². The first kappa shape index (κ1) is 14.2. The van der Waals surface area contributed by atoms with E-state index < -0.39 is 0 Å². The number of pyridine rings is 1. The number of nitrogens with one attached hydrogen (secondary N) is 2. The van der Waals surface area contributed by atoms with Gasteiger partial charge in [0.05, 0.1) is 17.0 Å². The van der Waals surface area contributed by atoms with Gasteiger partial charge in [-0.25, -0.2) is 0 Å². The molecule has 0 saturated carbocycles.